The summed E-state index contributed by atoms with van der Waals surface area (Å²) < 4.78 is 0. The highest BCUT2D eigenvalue weighted by molar-refractivity contribution is 5.77. The molecular weight excluding hydrogens is 200 g/mol. The molecule has 0 aromatic rings. The molecule has 1 aliphatic carbocycles. The van der Waals surface area contributed by atoms with Gasteiger partial charge in [-0.15, -0.1) is 0 Å². The number of nitrogens with one attached hydrogen (secondary N) is 2. The van der Waals surface area contributed by atoms with Crippen molar-refractivity contribution >= 4 is 5.91 Å². The van der Waals surface area contributed by atoms with Gasteiger partial charge in [0.2, 0.25) is 5.91 Å². The van der Waals surface area contributed by atoms with Crippen molar-refractivity contribution in [3.05, 3.63) is 0 Å². The second-order valence-electron chi connectivity index (χ2n) is 5.82. The van der Waals surface area contributed by atoms with Crippen molar-refractivity contribution in [1.82, 2.24) is 10.6 Å². The van der Waals surface area contributed by atoms with Gasteiger partial charge in [-0.1, -0.05) is 33.6 Å². The summed E-state index contributed by atoms with van der Waals surface area (Å²) in [7, 11) is 0. The topological polar surface area (TPSA) is 41.1 Å². The van der Waals surface area contributed by atoms with Crippen LogP contribution in [0.3, 0.4) is 0 Å². The Labute approximate surface area is 99.4 Å². The molecular formula is C13H26N2O. The first-order valence-corrected chi connectivity index (χ1v) is 6.49. The number of carbonyl (C=O) groups excluding carboxylic acids is 1. The first kappa shape index (κ1) is 13.5. The average Bonchev–Trinajstić information content (AvgIpc) is 2.62. The molecule has 0 atom stereocenters. The quantitative estimate of drug-likeness (QED) is 0.726. The van der Waals surface area contributed by atoms with E-state index < -0.39 is 0 Å². The molecule has 0 unspecified atom stereocenters. The van der Waals surface area contributed by atoms with Gasteiger partial charge in [0.25, 0.3) is 0 Å². The van der Waals surface area contributed by atoms with Crippen LogP contribution in [0.5, 0.6) is 0 Å². The second-order valence-corrected chi connectivity index (χ2v) is 5.82. The maximum absolute atomic E-state index is 11.5. The third-order valence-electron chi connectivity index (χ3n) is 3.36. The SMILES string of the molecule is CC(C)CNC(=O)CNCC1(C)CCCC1. The van der Waals surface area contributed by atoms with Crippen molar-refractivity contribution in [1.29, 1.82) is 0 Å². The maximum atomic E-state index is 11.5. The Morgan fingerprint density at radius 1 is 1.31 bits per heavy atom. The summed E-state index contributed by atoms with van der Waals surface area (Å²) in [6.45, 7) is 8.74. The average molecular weight is 226 g/mol. The Balaban J connectivity index is 2.08. The molecule has 0 saturated heterocycles. The number of carbonyl (C=O) groups is 1. The highest BCUT2D eigenvalue weighted by atomic mass is 16.1. The minimum Gasteiger partial charge on any atom is -0.355 e. The number of hydrogen-bond donors (Lipinski definition) is 2. The van der Waals surface area contributed by atoms with E-state index in [-0.39, 0.29) is 5.91 Å². The van der Waals surface area contributed by atoms with Crippen LogP contribution in [0, 0.1) is 11.3 Å². The Kier molecular flexibility index (Phi) is 5.26. The summed E-state index contributed by atoms with van der Waals surface area (Å²) in [6.07, 6.45) is 5.29. The van der Waals surface area contributed by atoms with Crippen LogP contribution in [0.15, 0.2) is 0 Å². The summed E-state index contributed by atoms with van der Waals surface area (Å²) in [6, 6.07) is 0. The summed E-state index contributed by atoms with van der Waals surface area (Å²) in [5, 5.41) is 6.20. The van der Waals surface area contributed by atoms with Crippen LogP contribution in [0.4, 0.5) is 0 Å². The van der Waals surface area contributed by atoms with E-state index in [1.807, 2.05) is 0 Å². The van der Waals surface area contributed by atoms with Crippen molar-refractivity contribution in [3.63, 3.8) is 0 Å². The standard InChI is InChI=1S/C13H26N2O/c1-11(2)8-15-12(16)9-14-10-13(3)6-4-5-7-13/h11,14H,4-10H2,1-3H3,(H,15,16). The zero-order chi connectivity index (χ0) is 12.0. The highest BCUT2D eigenvalue weighted by Gasteiger charge is 2.27. The molecule has 0 aromatic carbocycles. The van der Waals surface area contributed by atoms with Crippen LogP contribution in [0.25, 0.3) is 0 Å². The molecule has 0 spiro atoms. The smallest absolute Gasteiger partial charge is 0.233 e. The van der Waals surface area contributed by atoms with Gasteiger partial charge in [0.05, 0.1) is 6.54 Å². The molecule has 1 saturated carbocycles. The van der Waals surface area contributed by atoms with Gasteiger partial charge >= 0.3 is 0 Å². The van der Waals surface area contributed by atoms with Crippen LogP contribution in [-0.4, -0.2) is 25.5 Å². The molecule has 0 radical (unpaired) electrons. The molecule has 0 aromatic heterocycles. The fourth-order valence-corrected chi connectivity index (χ4v) is 2.26. The summed E-state index contributed by atoms with van der Waals surface area (Å²) in [5.74, 6) is 0.645. The lowest BCUT2D eigenvalue weighted by Crippen LogP contribution is -2.39. The van der Waals surface area contributed by atoms with Gasteiger partial charge in [0.15, 0.2) is 0 Å². The molecule has 1 amide bonds. The fraction of sp³-hybridized carbons (Fsp3) is 0.923. The molecule has 0 bridgehead atoms. The normalized spacial score (nSPS) is 19.0. The Bertz CT molecular complexity index is 220. The summed E-state index contributed by atoms with van der Waals surface area (Å²) >= 11 is 0. The lowest BCUT2D eigenvalue weighted by Gasteiger charge is -2.23. The molecule has 2 N–H and O–H groups in total. The highest BCUT2D eigenvalue weighted by Crippen LogP contribution is 2.36. The molecule has 3 heteroatoms. The van der Waals surface area contributed by atoms with Crippen molar-refractivity contribution in [2.75, 3.05) is 19.6 Å². The van der Waals surface area contributed by atoms with Crippen LogP contribution >= 0.6 is 0 Å². The molecule has 1 rings (SSSR count). The van der Waals surface area contributed by atoms with Crippen LogP contribution in [0.2, 0.25) is 0 Å². The van der Waals surface area contributed by atoms with Gasteiger partial charge in [0, 0.05) is 13.1 Å². The van der Waals surface area contributed by atoms with Gasteiger partial charge < -0.3 is 10.6 Å². The molecule has 1 fully saturated rings. The predicted octanol–water partition coefficient (Wildman–Crippen LogP) is 1.93. The minimum atomic E-state index is 0.121. The zero-order valence-corrected chi connectivity index (χ0v) is 10.9. The van der Waals surface area contributed by atoms with Gasteiger partial charge in [-0.3, -0.25) is 4.79 Å². The molecule has 16 heavy (non-hydrogen) atoms. The Morgan fingerprint density at radius 3 is 2.50 bits per heavy atom. The zero-order valence-electron chi connectivity index (χ0n) is 10.9. The van der Waals surface area contributed by atoms with E-state index in [2.05, 4.69) is 31.4 Å². The van der Waals surface area contributed by atoms with Gasteiger partial charge in [-0.05, 0) is 24.2 Å². The van der Waals surface area contributed by atoms with Crippen molar-refractivity contribution in [2.45, 2.75) is 46.5 Å². The molecule has 3 nitrogen and oxygen atoms in total. The van der Waals surface area contributed by atoms with Crippen molar-refractivity contribution < 1.29 is 4.79 Å². The van der Waals surface area contributed by atoms with E-state index >= 15 is 0 Å². The Hall–Kier alpha value is -0.570. The van der Waals surface area contributed by atoms with Gasteiger partial charge in [-0.2, -0.15) is 0 Å². The summed E-state index contributed by atoms with van der Waals surface area (Å²) in [4.78, 5) is 11.5. The summed E-state index contributed by atoms with van der Waals surface area (Å²) in [5.41, 5.74) is 0.429. The number of hydrogen-bond acceptors (Lipinski definition) is 2. The monoisotopic (exact) mass is 226 g/mol. The molecule has 1 aliphatic rings. The van der Waals surface area contributed by atoms with E-state index in [9.17, 15) is 4.79 Å². The van der Waals surface area contributed by atoms with E-state index in [1.54, 1.807) is 0 Å². The van der Waals surface area contributed by atoms with Crippen molar-refractivity contribution in [3.8, 4) is 0 Å². The fourth-order valence-electron chi connectivity index (χ4n) is 2.26. The first-order valence-electron chi connectivity index (χ1n) is 6.49. The number of rotatable bonds is 6. The third kappa shape index (κ3) is 4.97. The lowest BCUT2D eigenvalue weighted by molar-refractivity contribution is -0.120. The molecule has 0 aliphatic heterocycles. The Morgan fingerprint density at radius 2 is 1.94 bits per heavy atom. The van der Waals surface area contributed by atoms with Crippen LogP contribution < -0.4 is 10.6 Å². The number of amides is 1. The third-order valence-corrected chi connectivity index (χ3v) is 3.36. The minimum absolute atomic E-state index is 0.121. The largest absolute Gasteiger partial charge is 0.355 e. The first-order chi connectivity index (χ1) is 7.52. The second kappa shape index (κ2) is 6.24. The predicted molar refractivity (Wildman–Crippen MR) is 67.3 cm³/mol. The van der Waals surface area contributed by atoms with E-state index in [4.69, 9.17) is 0 Å². The van der Waals surface area contributed by atoms with Crippen LogP contribution in [0.1, 0.15) is 46.5 Å². The van der Waals surface area contributed by atoms with E-state index in [0.717, 1.165) is 13.1 Å². The van der Waals surface area contributed by atoms with E-state index in [1.165, 1.54) is 25.7 Å². The van der Waals surface area contributed by atoms with Gasteiger partial charge in [-0.25, -0.2) is 0 Å². The van der Waals surface area contributed by atoms with Crippen LogP contribution in [-0.2, 0) is 4.79 Å². The molecule has 0 heterocycles. The van der Waals surface area contributed by atoms with E-state index in [0.29, 0.717) is 17.9 Å². The molecule has 94 valence electrons. The maximum Gasteiger partial charge on any atom is 0.233 e. The van der Waals surface area contributed by atoms with Crippen molar-refractivity contribution in [2.24, 2.45) is 11.3 Å². The van der Waals surface area contributed by atoms with Gasteiger partial charge in [0.1, 0.15) is 0 Å². The lowest BCUT2D eigenvalue weighted by atomic mass is 9.89.